The highest BCUT2D eigenvalue weighted by molar-refractivity contribution is 7.89. The molecule has 0 spiro atoms. The molecule has 0 aliphatic rings. The number of hydrogen-bond acceptors (Lipinski definition) is 3. The smallest absolute Gasteiger partial charge is 0.243 e. The molecule has 0 aromatic heterocycles. The van der Waals surface area contributed by atoms with Crippen LogP contribution in [-0.4, -0.2) is 32.9 Å². The molecule has 0 aliphatic heterocycles. The van der Waals surface area contributed by atoms with Gasteiger partial charge in [0.2, 0.25) is 10.0 Å². The average molecular weight is 271 g/mol. The van der Waals surface area contributed by atoms with Crippen molar-refractivity contribution in [2.45, 2.75) is 32.6 Å². The highest BCUT2D eigenvalue weighted by atomic mass is 32.2. The quantitative estimate of drug-likeness (QED) is 0.826. The third-order valence-electron chi connectivity index (χ3n) is 3.02. The number of methoxy groups -OCH3 is 1. The molecule has 0 atom stereocenters. The lowest BCUT2D eigenvalue weighted by Gasteiger charge is -2.20. The van der Waals surface area contributed by atoms with Crippen LogP contribution in [0.4, 0.5) is 0 Å². The van der Waals surface area contributed by atoms with Crippen molar-refractivity contribution in [1.82, 2.24) is 4.31 Å². The number of benzene rings is 1. The standard InChI is InChI=1S/C13H21NO3S/c1-6-14(7-2)18(15,16)13-9-12(17-5)10(3)8-11(13)4/h8-9H,6-7H2,1-5H3. The number of aryl methyl sites for hydroxylation is 2. The zero-order valence-electron chi connectivity index (χ0n) is 11.6. The van der Waals surface area contributed by atoms with E-state index in [1.807, 2.05) is 33.8 Å². The van der Waals surface area contributed by atoms with Gasteiger partial charge in [0.25, 0.3) is 0 Å². The van der Waals surface area contributed by atoms with Gasteiger partial charge < -0.3 is 4.74 Å². The van der Waals surface area contributed by atoms with Crippen LogP contribution in [0.2, 0.25) is 0 Å². The Morgan fingerprint density at radius 3 is 2.11 bits per heavy atom. The minimum absolute atomic E-state index is 0.327. The maximum absolute atomic E-state index is 12.5. The van der Waals surface area contributed by atoms with Crippen LogP contribution in [0, 0.1) is 13.8 Å². The SMILES string of the molecule is CCN(CC)S(=O)(=O)c1cc(OC)c(C)cc1C. The van der Waals surface area contributed by atoms with Crippen molar-refractivity contribution in [3.8, 4) is 5.75 Å². The second kappa shape index (κ2) is 5.71. The van der Waals surface area contributed by atoms with E-state index in [0.717, 1.165) is 11.1 Å². The molecule has 1 aromatic rings. The highest BCUT2D eigenvalue weighted by Gasteiger charge is 2.24. The Hall–Kier alpha value is -1.07. The van der Waals surface area contributed by atoms with Crippen LogP contribution in [-0.2, 0) is 10.0 Å². The molecule has 102 valence electrons. The van der Waals surface area contributed by atoms with Crippen molar-refractivity contribution in [3.63, 3.8) is 0 Å². The van der Waals surface area contributed by atoms with Gasteiger partial charge in [-0.05, 0) is 25.0 Å². The van der Waals surface area contributed by atoms with E-state index in [4.69, 9.17) is 4.74 Å². The van der Waals surface area contributed by atoms with Crippen molar-refractivity contribution >= 4 is 10.0 Å². The van der Waals surface area contributed by atoms with Crippen molar-refractivity contribution in [2.24, 2.45) is 0 Å². The maximum Gasteiger partial charge on any atom is 0.243 e. The normalized spacial score (nSPS) is 11.9. The van der Waals surface area contributed by atoms with E-state index in [2.05, 4.69) is 0 Å². The Morgan fingerprint density at radius 1 is 1.11 bits per heavy atom. The zero-order valence-corrected chi connectivity index (χ0v) is 12.5. The van der Waals surface area contributed by atoms with Crippen molar-refractivity contribution in [3.05, 3.63) is 23.3 Å². The molecule has 0 saturated heterocycles. The molecule has 4 nitrogen and oxygen atoms in total. The van der Waals surface area contributed by atoms with Gasteiger partial charge in [0.15, 0.2) is 0 Å². The first-order chi connectivity index (χ1) is 8.38. The van der Waals surface area contributed by atoms with Gasteiger partial charge in [0.1, 0.15) is 5.75 Å². The molecule has 1 aromatic carbocycles. The molecule has 0 amide bonds. The summed E-state index contributed by atoms with van der Waals surface area (Å²) in [6, 6.07) is 3.45. The first-order valence-electron chi connectivity index (χ1n) is 6.03. The van der Waals surface area contributed by atoms with E-state index >= 15 is 0 Å². The Bertz CT molecular complexity index is 519. The molecule has 18 heavy (non-hydrogen) atoms. The Balaban J connectivity index is 3.41. The molecule has 1 rings (SSSR count). The number of ether oxygens (including phenoxy) is 1. The second-order valence-corrected chi connectivity index (χ2v) is 6.08. The van der Waals surface area contributed by atoms with Gasteiger partial charge in [-0.3, -0.25) is 0 Å². The fourth-order valence-corrected chi connectivity index (χ4v) is 3.69. The molecule has 0 fully saturated rings. The molecule has 0 unspecified atom stereocenters. The Kier molecular flexibility index (Phi) is 4.76. The van der Waals surface area contributed by atoms with Crippen LogP contribution in [0.1, 0.15) is 25.0 Å². The van der Waals surface area contributed by atoms with Gasteiger partial charge in [-0.2, -0.15) is 4.31 Å². The Labute approximate surface area is 110 Å². The number of nitrogens with zero attached hydrogens (tertiary/aromatic N) is 1. The molecule has 0 saturated carbocycles. The summed E-state index contributed by atoms with van der Waals surface area (Å²) in [5.41, 5.74) is 1.69. The van der Waals surface area contributed by atoms with Crippen LogP contribution in [0.5, 0.6) is 5.75 Å². The zero-order chi connectivity index (χ0) is 13.9. The number of hydrogen-bond donors (Lipinski definition) is 0. The molecule has 0 N–H and O–H groups in total. The minimum Gasteiger partial charge on any atom is -0.496 e. The maximum atomic E-state index is 12.5. The summed E-state index contributed by atoms with van der Waals surface area (Å²) in [7, 11) is -1.88. The van der Waals surface area contributed by atoms with Gasteiger partial charge in [0, 0.05) is 19.2 Å². The topological polar surface area (TPSA) is 46.6 Å². The van der Waals surface area contributed by atoms with E-state index in [-0.39, 0.29) is 0 Å². The van der Waals surface area contributed by atoms with Crippen molar-refractivity contribution < 1.29 is 13.2 Å². The van der Waals surface area contributed by atoms with Gasteiger partial charge in [-0.15, -0.1) is 0 Å². The largest absolute Gasteiger partial charge is 0.496 e. The van der Waals surface area contributed by atoms with Crippen LogP contribution in [0.15, 0.2) is 17.0 Å². The second-order valence-electron chi connectivity index (χ2n) is 4.18. The summed E-state index contributed by atoms with van der Waals surface area (Å²) in [6.45, 7) is 8.31. The van der Waals surface area contributed by atoms with E-state index in [1.165, 1.54) is 4.31 Å². The molecule has 0 heterocycles. The summed E-state index contributed by atoms with van der Waals surface area (Å²) in [6.07, 6.45) is 0. The van der Waals surface area contributed by atoms with Gasteiger partial charge in [-0.25, -0.2) is 8.42 Å². The average Bonchev–Trinajstić information content (AvgIpc) is 2.30. The number of rotatable bonds is 5. The third-order valence-corrected chi connectivity index (χ3v) is 5.21. The predicted octanol–water partition coefficient (Wildman–Crippen LogP) is 2.34. The fourth-order valence-electron chi connectivity index (χ4n) is 2.01. The summed E-state index contributed by atoms with van der Waals surface area (Å²) < 4.78 is 31.6. The monoisotopic (exact) mass is 271 g/mol. The van der Waals surface area contributed by atoms with E-state index in [1.54, 1.807) is 13.2 Å². The summed E-state index contributed by atoms with van der Waals surface area (Å²) >= 11 is 0. The lowest BCUT2D eigenvalue weighted by atomic mass is 10.1. The molecular weight excluding hydrogens is 250 g/mol. The van der Waals surface area contributed by atoms with Crippen LogP contribution in [0.25, 0.3) is 0 Å². The third kappa shape index (κ3) is 2.67. The van der Waals surface area contributed by atoms with E-state index < -0.39 is 10.0 Å². The summed E-state index contributed by atoms with van der Waals surface area (Å²) in [4.78, 5) is 0.327. The van der Waals surface area contributed by atoms with Crippen LogP contribution < -0.4 is 4.74 Å². The first kappa shape index (κ1) is 15.0. The summed E-state index contributed by atoms with van der Waals surface area (Å²) in [5, 5.41) is 0. The van der Waals surface area contributed by atoms with Gasteiger partial charge in [-0.1, -0.05) is 19.9 Å². The van der Waals surface area contributed by atoms with E-state index in [9.17, 15) is 8.42 Å². The molecule has 5 heteroatoms. The lowest BCUT2D eigenvalue weighted by molar-refractivity contribution is 0.408. The van der Waals surface area contributed by atoms with Crippen molar-refractivity contribution in [2.75, 3.05) is 20.2 Å². The van der Waals surface area contributed by atoms with Crippen LogP contribution in [0.3, 0.4) is 0 Å². The lowest BCUT2D eigenvalue weighted by Crippen LogP contribution is -2.31. The minimum atomic E-state index is -3.43. The Morgan fingerprint density at radius 2 is 1.67 bits per heavy atom. The fraction of sp³-hybridized carbons (Fsp3) is 0.538. The van der Waals surface area contributed by atoms with Crippen molar-refractivity contribution in [1.29, 1.82) is 0 Å². The molecule has 0 aliphatic carbocycles. The number of sulfonamides is 1. The summed E-state index contributed by atoms with van der Waals surface area (Å²) in [5.74, 6) is 0.603. The van der Waals surface area contributed by atoms with E-state index in [0.29, 0.717) is 23.7 Å². The van der Waals surface area contributed by atoms with Crippen LogP contribution >= 0.6 is 0 Å². The highest BCUT2D eigenvalue weighted by Crippen LogP contribution is 2.27. The predicted molar refractivity (Wildman–Crippen MR) is 72.6 cm³/mol. The van der Waals surface area contributed by atoms with Gasteiger partial charge in [0.05, 0.1) is 12.0 Å². The van der Waals surface area contributed by atoms with Gasteiger partial charge >= 0.3 is 0 Å². The molecular formula is C13H21NO3S. The molecule has 0 bridgehead atoms. The first-order valence-corrected chi connectivity index (χ1v) is 7.47. The molecule has 0 radical (unpaired) electrons.